The molecule has 8 nitrogen and oxygen atoms in total. The van der Waals surface area contributed by atoms with Crippen molar-refractivity contribution in [3.63, 3.8) is 0 Å². The van der Waals surface area contributed by atoms with Gasteiger partial charge in [-0.3, -0.25) is 9.69 Å². The van der Waals surface area contributed by atoms with Crippen molar-refractivity contribution in [2.45, 2.75) is 51.3 Å². The minimum absolute atomic E-state index is 0.155. The fourth-order valence-electron chi connectivity index (χ4n) is 3.45. The lowest BCUT2D eigenvalue weighted by Gasteiger charge is -2.35. The van der Waals surface area contributed by atoms with Crippen LogP contribution in [0.25, 0.3) is 0 Å². The summed E-state index contributed by atoms with van der Waals surface area (Å²) in [6.45, 7) is 6.29. The third-order valence-corrected chi connectivity index (χ3v) is 4.96. The van der Waals surface area contributed by atoms with Gasteiger partial charge in [0.05, 0.1) is 0 Å². The Balaban J connectivity index is 1.95. The molecule has 1 amide bonds. The van der Waals surface area contributed by atoms with Crippen LogP contribution in [0.4, 0.5) is 15.0 Å². The number of nitroso groups, excluding NO2 is 1. The molecule has 1 aromatic heterocycles. The zero-order chi connectivity index (χ0) is 23.3. The Labute approximate surface area is 185 Å². The van der Waals surface area contributed by atoms with Crippen LogP contribution in [0, 0.1) is 10.7 Å². The maximum atomic E-state index is 13.2. The molecule has 170 valence electrons. The predicted molar refractivity (Wildman–Crippen MR) is 116 cm³/mol. The topological polar surface area (TPSA) is 98.2 Å². The molecule has 0 N–H and O–H groups in total. The standard InChI is InChI=1S/C23H26FN3O5/c1-23(2,3)32-22(29)27(18-9-12-31-13-10-18)19-14-16(8-11-25-19)20(26-30)21(28)15-4-6-17(24)7-5-15/h4-8,11,14,18,20H,9-10,12-13H2,1-3H3. The number of hydrogen-bond acceptors (Lipinski definition) is 7. The normalized spacial score (nSPS) is 15.6. The van der Waals surface area contributed by atoms with Crippen molar-refractivity contribution in [1.29, 1.82) is 0 Å². The molecule has 0 spiro atoms. The molecule has 0 bridgehead atoms. The summed E-state index contributed by atoms with van der Waals surface area (Å²) in [5.74, 6) is -0.816. The average molecular weight is 443 g/mol. The van der Waals surface area contributed by atoms with Crippen LogP contribution >= 0.6 is 0 Å². The molecule has 1 unspecified atom stereocenters. The summed E-state index contributed by atoms with van der Waals surface area (Å²) in [5, 5.41) is 3.00. The monoisotopic (exact) mass is 443 g/mol. The number of hydrogen-bond donors (Lipinski definition) is 0. The zero-order valence-electron chi connectivity index (χ0n) is 18.3. The second kappa shape index (κ2) is 9.95. The Morgan fingerprint density at radius 3 is 2.44 bits per heavy atom. The SMILES string of the molecule is CC(C)(C)OC(=O)N(c1cc(C(N=O)C(=O)c2ccc(F)cc2)ccn1)C1CCOCC1. The summed E-state index contributed by atoms with van der Waals surface area (Å²) in [4.78, 5) is 43.2. The van der Waals surface area contributed by atoms with Crippen LogP contribution in [-0.2, 0) is 9.47 Å². The largest absolute Gasteiger partial charge is 0.443 e. The van der Waals surface area contributed by atoms with E-state index in [1.807, 2.05) is 0 Å². The van der Waals surface area contributed by atoms with Gasteiger partial charge in [0, 0.05) is 31.0 Å². The van der Waals surface area contributed by atoms with Gasteiger partial charge < -0.3 is 9.47 Å². The van der Waals surface area contributed by atoms with Gasteiger partial charge in [-0.1, -0.05) is 5.18 Å². The molecule has 0 saturated carbocycles. The second-order valence-electron chi connectivity index (χ2n) is 8.52. The van der Waals surface area contributed by atoms with Crippen LogP contribution in [0.15, 0.2) is 47.8 Å². The number of anilines is 1. The number of carbonyl (C=O) groups excluding carboxylic acids is 2. The molecule has 3 rings (SSSR count). The van der Waals surface area contributed by atoms with Crippen molar-refractivity contribution >= 4 is 17.7 Å². The maximum absolute atomic E-state index is 13.2. The van der Waals surface area contributed by atoms with E-state index in [0.29, 0.717) is 26.1 Å². The Hall–Kier alpha value is -3.20. The number of nitrogens with zero attached hydrogens (tertiary/aromatic N) is 3. The minimum atomic E-state index is -1.36. The van der Waals surface area contributed by atoms with Crippen LogP contribution in [-0.4, -0.2) is 41.7 Å². The summed E-state index contributed by atoms with van der Waals surface area (Å²) in [6, 6.07) is 6.29. The average Bonchev–Trinajstić information content (AvgIpc) is 2.75. The maximum Gasteiger partial charge on any atom is 0.416 e. The van der Waals surface area contributed by atoms with E-state index in [1.54, 1.807) is 20.8 Å². The highest BCUT2D eigenvalue weighted by Gasteiger charge is 2.33. The van der Waals surface area contributed by atoms with Crippen LogP contribution < -0.4 is 4.90 Å². The first-order valence-corrected chi connectivity index (χ1v) is 10.4. The molecule has 32 heavy (non-hydrogen) atoms. The summed E-state index contributed by atoms with van der Waals surface area (Å²) in [5.41, 5.74) is -0.286. The number of Topliss-reactive ketones (excluding diaryl/α,β-unsaturated/α-hetero) is 1. The summed E-state index contributed by atoms with van der Waals surface area (Å²) >= 11 is 0. The van der Waals surface area contributed by atoms with Gasteiger partial charge in [0.1, 0.15) is 17.2 Å². The molecule has 0 radical (unpaired) electrons. The van der Waals surface area contributed by atoms with Crippen LogP contribution in [0.5, 0.6) is 0 Å². The van der Waals surface area contributed by atoms with Gasteiger partial charge in [-0.2, -0.15) is 0 Å². The highest BCUT2D eigenvalue weighted by atomic mass is 19.1. The Bertz CT molecular complexity index is 968. The molecule has 0 aliphatic carbocycles. The lowest BCUT2D eigenvalue weighted by molar-refractivity contribution is 0.0485. The fourth-order valence-corrected chi connectivity index (χ4v) is 3.45. The highest BCUT2D eigenvalue weighted by molar-refractivity contribution is 6.01. The fraction of sp³-hybridized carbons (Fsp3) is 0.435. The first-order chi connectivity index (χ1) is 15.2. The molecule has 1 aromatic carbocycles. The van der Waals surface area contributed by atoms with E-state index in [0.717, 1.165) is 12.1 Å². The highest BCUT2D eigenvalue weighted by Crippen LogP contribution is 2.29. The Morgan fingerprint density at radius 2 is 1.84 bits per heavy atom. The molecule has 1 aliphatic rings. The van der Waals surface area contributed by atoms with E-state index in [4.69, 9.17) is 9.47 Å². The quantitative estimate of drug-likeness (QED) is 0.468. The molecule has 1 aliphatic heterocycles. The van der Waals surface area contributed by atoms with Gasteiger partial charge >= 0.3 is 6.09 Å². The smallest absolute Gasteiger partial charge is 0.416 e. The third kappa shape index (κ3) is 5.73. The number of halogens is 1. The third-order valence-electron chi connectivity index (χ3n) is 4.96. The molecular weight excluding hydrogens is 417 g/mol. The molecule has 9 heteroatoms. The van der Waals surface area contributed by atoms with E-state index in [-0.39, 0.29) is 23.0 Å². The summed E-state index contributed by atoms with van der Waals surface area (Å²) in [7, 11) is 0. The minimum Gasteiger partial charge on any atom is -0.443 e. The number of amides is 1. The van der Waals surface area contributed by atoms with Crippen molar-refractivity contribution in [3.05, 3.63) is 64.4 Å². The van der Waals surface area contributed by atoms with Gasteiger partial charge in [-0.15, -0.1) is 4.91 Å². The van der Waals surface area contributed by atoms with Crippen LogP contribution in [0.1, 0.15) is 55.6 Å². The van der Waals surface area contributed by atoms with Crippen molar-refractivity contribution in [3.8, 4) is 0 Å². The Kier molecular flexibility index (Phi) is 7.29. The zero-order valence-corrected chi connectivity index (χ0v) is 18.3. The second-order valence-corrected chi connectivity index (χ2v) is 8.52. The predicted octanol–water partition coefficient (Wildman–Crippen LogP) is 4.83. The van der Waals surface area contributed by atoms with E-state index in [1.165, 1.54) is 35.4 Å². The van der Waals surface area contributed by atoms with Crippen molar-refractivity contribution < 1.29 is 23.5 Å². The van der Waals surface area contributed by atoms with Crippen molar-refractivity contribution in [2.75, 3.05) is 18.1 Å². The molecule has 1 saturated heterocycles. The van der Waals surface area contributed by atoms with E-state index in [9.17, 15) is 18.9 Å². The summed E-state index contributed by atoms with van der Waals surface area (Å²) in [6.07, 6.45) is 2.02. The van der Waals surface area contributed by atoms with Crippen molar-refractivity contribution in [2.24, 2.45) is 5.18 Å². The van der Waals surface area contributed by atoms with Gasteiger partial charge in [0.2, 0.25) is 0 Å². The lowest BCUT2D eigenvalue weighted by atomic mass is 9.98. The van der Waals surface area contributed by atoms with Gasteiger partial charge in [-0.05, 0) is 75.6 Å². The van der Waals surface area contributed by atoms with Crippen LogP contribution in [0.2, 0.25) is 0 Å². The number of benzene rings is 1. The Morgan fingerprint density at radius 1 is 1.19 bits per heavy atom. The lowest BCUT2D eigenvalue weighted by Crippen LogP contribution is -2.46. The molecular formula is C23H26FN3O5. The summed E-state index contributed by atoms with van der Waals surface area (Å²) < 4.78 is 24.2. The molecule has 1 fully saturated rings. The number of pyridine rings is 1. The van der Waals surface area contributed by atoms with Crippen LogP contribution in [0.3, 0.4) is 0 Å². The number of aromatic nitrogens is 1. The van der Waals surface area contributed by atoms with Gasteiger partial charge in [0.25, 0.3) is 0 Å². The number of carbonyl (C=O) groups is 2. The number of ketones is 1. The van der Waals surface area contributed by atoms with Crippen molar-refractivity contribution in [1.82, 2.24) is 4.98 Å². The van der Waals surface area contributed by atoms with Gasteiger partial charge in [0.15, 0.2) is 11.8 Å². The first-order valence-electron chi connectivity index (χ1n) is 10.4. The molecule has 2 aromatic rings. The molecule has 1 atom stereocenters. The first kappa shape index (κ1) is 23.5. The van der Waals surface area contributed by atoms with E-state index in [2.05, 4.69) is 10.2 Å². The molecule has 2 heterocycles. The number of rotatable bonds is 6. The van der Waals surface area contributed by atoms with E-state index >= 15 is 0 Å². The number of ether oxygens (including phenoxy) is 2. The van der Waals surface area contributed by atoms with Gasteiger partial charge in [-0.25, -0.2) is 14.2 Å². The van der Waals surface area contributed by atoms with E-state index < -0.39 is 29.3 Å².